The largest absolute Gasteiger partial charge is 0.466 e. The summed E-state index contributed by atoms with van der Waals surface area (Å²) < 4.78 is 20.1. The molecule has 0 saturated heterocycles. The van der Waals surface area contributed by atoms with Crippen LogP contribution in [0.4, 0.5) is 0 Å². The molecular formula is C16H18N2O8. The molecule has 0 saturated carbocycles. The Morgan fingerprint density at radius 2 is 1.35 bits per heavy atom. The fourth-order valence-electron chi connectivity index (χ4n) is 1.56. The number of methoxy groups -OCH3 is 2. The van der Waals surface area contributed by atoms with E-state index in [2.05, 4.69) is 14.6 Å². The third kappa shape index (κ3) is 7.90. The topological polar surface area (TPSA) is 123 Å². The van der Waals surface area contributed by atoms with Crippen LogP contribution in [0.15, 0.2) is 42.8 Å². The molecule has 0 atom stereocenters. The van der Waals surface area contributed by atoms with Crippen LogP contribution in [-0.2, 0) is 38.1 Å². The zero-order chi connectivity index (χ0) is 19.4. The second kappa shape index (κ2) is 11.2. The quantitative estimate of drug-likeness (QED) is 0.337. The number of carbonyl (C=O) groups excluding carboxylic acids is 4. The van der Waals surface area contributed by atoms with E-state index in [0.29, 0.717) is 0 Å². The number of rotatable bonds is 9. The van der Waals surface area contributed by atoms with Crippen LogP contribution in [0.2, 0.25) is 0 Å². The van der Waals surface area contributed by atoms with Gasteiger partial charge in [-0.1, -0.05) is 0 Å². The molecule has 0 fully saturated rings. The summed E-state index contributed by atoms with van der Waals surface area (Å²) in [5.74, 6) is -2.94. The Bertz CT molecular complexity index is 636. The molecule has 0 aliphatic carbocycles. The van der Waals surface area contributed by atoms with Crippen molar-refractivity contribution < 1.29 is 38.1 Å². The molecule has 1 aromatic rings. The van der Waals surface area contributed by atoms with Crippen molar-refractivity contribution in [3.05, 3.63) is 42.8 Å². The van der Waals surface area contributed by atoms with E-state index in [1.807, 2.05) is 0 Å². The highest BCUT2D eigenvalue weighted by Crippen LogP contribution is 2.07. The first-order chi connectivity index (χ1) is 12.5. The molecule has 0 spiro atoms. The van der Waals surface area contributed by atoms with E-state index in [0.717, 1.165) is 24.3 Å². The van der Waals surface area contributed by atoms with Crippen LogP contribution >= 0.6 is 0 Å². The molecule has 140 valence electrons. The number of aromatic nitrogens is 2. The first kappa shape index (κ1) is 20.6. The molecule has 0 amide bonds. The Kier molecular flexibility index (Phi) is 8.87. The lowest BCUT2D eigenvalue weighted by atomic mass is 10.3. The minimum Gasteiger partial charge on any atom is -0.466 e. The number of hydrogen-bond acceptors (Lipinski definition) is 9. The summed E-state index contributed by atoms with van der Waals surface area (Å²) in [6.07, 6.45) is 6.77. The monoisotopic (exact) mass is 366 g/mol. The van der Waals surface area contributed by atoms with E-state index in [1.54, 1.807) is 12.3 Å². The van der Waals surface area contributed by atoms with Crippen molar-refractivity contribution in [2.45, 2.75) is 6.04 Å². The Balaban J connectivity index is 2.58. The smallest absolute Gasteiger partial charge is 0.331 e. The van der Waals surface area contributed by atoms with Crippen molar-refractivity contribution in [3.8, 4) is 0 Å². The summed E-state index contributed by atoms with van der Waals surface area (Å²) in [5.41, 5.74) is 0. The van der Waals surface area contributed by atoms with Crippen LogP contribution in [0.25, 0.3) is 0 Å². The number of hydrogen-bond donors (Lipinski definition) is 0. The maximum atomic E-state index is 11.6. The van der Waals surface area contributed by atoms with Crippen LogP contribution in [0.3, 0.4) is 0 Å². The molecule has 10 heteroatoms. The van der Waals surface area contributed by atoms with E-state index in [9.17, 15) is 19.2 Å². The fourth-order valence-corrected chi connectivity index (χ4v) is 1.56. The van der Waals surface area contributed by atoms with Gasteiger partial charge < -0.3 is 18.9 Å². The van der Waals surface area contributed by atoms with Gasteiger partial charge in [-0.25, -0.2) is 19.2 Å². The van der Waals surface area contributed by atoms with Crippen LogP contribution < -0.4 is 0 Å². The van der Waals surface area contributed by atoms with E-state index in [-0.39, 0.29) is 13.2 Å². The standard InChI is InChI=1S/C16H18N2O8/c1-23-13(19)4-6-15(21)25-10-12(18-9-3-8-17-18)11-26-16(22)7-5-14(20)24-2/h3-9,12H,10-11H2,1-2H3/b6-4+,7-5+. The lowest BCUT2D eigenvalue weighted by molar-refractivity contribution is -0.143. The molecule has 0 aliphatic rings. The Morgan fingerprint density at radius 1 is 0.885 bits per heavy atom. The average Bonchev–Trinajstić information content (AvgIpc) is 3.18. The van der Waals surface area contributed by atoms with Crippen LogP contribution in [0.5, 0.6) is 0 Å². The minimum absolute atomic E-state index is 0.167. The molecule has 1 aromatic heterocycles. The van der Waals surface area contributed by atoms with Gasteiger partial charge in [0.05, 0.1) is 14.2 Å². The molecule has 0 N–H and O–H groups in total. The summed E-state index contributed by atoms with van der Waals surface area (Å²) in [4.78, 5) is 45.0. The van der Waals surface area contributed by atoms with E-state index in [4.69, 9.17) is 9.47 Å². The van der Waals surface area contributed by atoms with Gasteiger partial charge in [0, 0.05) is 36.7 Å². The van der Waals surface area contributed by atoms with E-state index in [1.165, 1.54) is 25.1 Å². The average molecular weight is 366 g/mol. The molecular weight excluding hydrogens is 348 g/mol. The van der Waals surface area contributed by atoms with Crippen molar-refractivity contribution >= 4 is 23.9 Å². The lowest BCUT2D eigenvalue weighted by Gasteiger charge is -2.16. The summed E-state index contributed by atoms with van der Waals surface area (Å²) in [5, 5.41) is 4.00. The third-order valence-corrected chi connectivity index (χ3v) is 2.85. The highest BCUT2D eigenvalue weighted by atomic mass is 16.6. The van der Waals surface area contributed by atoms with E-state index >= 15 is 0 Å². The van der Waals surface area contributed by atoms with Gasteiger partial charge in [-0.2, -0.15) is 5.10 Å². The summed E-state index contributed by atoms with van der Waals surface area (Å²) in [6.45, 7) is -0.333. The second-order valence-corrected chi connectivity index (χ2v) is 4.61. The normalized spacial score (nSPS) is 10.9. The van der Waals surface area contributed by atoms with Gasteiger partial charge in [-0.15, -0.1) is 0 Å². The van der Waals surface area contributed by atoms with Crippen LogP contribution in [0, 0.1) is 0 Å². The van der Waals surface area contributed by atoms with Crippen molar-refractivity contribution in [2.75, 3.05) is 27.4 Å². The van der Waals surface area contributed by atoms with Crippen LogP contribution in [0.1, 0.15) is 6.04 Å². The maximum Gasteiger partial charge on any atom is 0.331 e. The molecule has 0 unspecified atom stereocenters. The molecule has 1 heterocycles. The van der Waals surface area contributed by atoms with Gasteiger partial charge in [0.2, 0.25) is 0 Å². The van der Waals surface area contributed by atoms with Gasteiger partial charge in [0.15, 0.2) is 0 Å². The molecule has 0 bridgehead atoms. The first-order valence-electron chi connectivity index (χ1n) is 7.31. The van der Waals surface area contributed by atoms with E-state index < -0.39 is 29.9 Å². The molecule has 0 aromatic carbocycles. The summed E-state index contributed by atoms with van der Waals surface area (Å²) >= 11 is 0. The molecule has 1 rings (SSSR count). The van der Waals surface area contributed by atoms with Gasteiger partial charge in [-0.05, 0) is 6.07 Å². The van der Waals surface area contributed by atoms with Crippen LogP contribution in [-0.4, -0.2) is 61.1 Å². The van der Waals surface area contributed by atoms with Crippen molar-refractivity contribution in [3.63, 3.8) is 0 Å². The van der Waals surface area contributed by atoms with Gasteiger partial charge in [-0.3, -0.25) is 4.68 Å². The molecule has 10 nitrogen and oxygen atoms in total. The Labute approximate surface area is 149 Å². The van der Waals surface area contributed by atoms with Gasteiger partial charge >= 0.3 is 23.9 Å². The predicted octanol–water partition coefficient (Wildman–Crippen LogP) is -0.0310. The number of carbonyl (C=O) groups is 4. The fraction of sp³-hybridized carbons (Fsp3) is 0.312. The van der Waals surface area contributed by atoms with Crippen molar-refractivity contribution in [2.24, 2.45) is 0 Å². The summed E-state index contributed by atoms with van der Waals surface area (Å²) in [7, 11) is 2.35. The lowest BCUT2D eigenvalue weighted by Crippen LogP contribution is -2.24. The molecule has 0 aliphatic heterocycles. The SMILES string of the molecule is COC(=O)/C=C/C(=O)OCC(COC(=O)/C=C/C(=O)OC)n1cccn1. The zero-order valence-electron chi connectivity index (χ0n) is 14.2. The number of esters is 4. The van der Waals surface area contributed by atoms with Crippen molar-refractivity contribution in [1.82, 2.24) is 9.78 Å². The summed E-state index contributed by atoms with van der Waals surface area (Å²) in [6, 6.07) is 1.04. The third-order valence-electron chi connectivity index (χ3n) is 2.85. The minimum atomic E-state index is -0.774. The number of ether oxygens (including phenoxy) is 4. The Hall–Kier alpha value is -3.43. The molecule has 0 radical (unpaired) electrons. The van der Waals surface area contributed by atoms with Crippen molar-refractivity contribution in [1.29, 1.82) is 0 Å². The number of nitrogens with zero attached hydrogens (tertiary/aromatic N) is 2. The van der Waals surface area contributed by atoms with Gasteiger partial charge in [0.25, 0.3) is 0 Å². The predicted molar refractivity (Wildman–Crippen MR) is 85.5 cm³/mol. The van der Waals surface area contributed by atoms with Gasteiger partial charge in [0.1, 0.15) is 19.3 Å². The highest BCUT2D eigenvalue weighted by molar-refractivity contribution is 5.92. The highest BCUT2D eigenvalue weighted by Gasteiger charge is 2.16. The molecule has 26 heavy (non-hydrogen) atoms. The first-order valence-corrected chi connectivity index (χ1v) is 7.31. The Morgan fingerprint density at radius 3 is 1.73 bits per heavy atom. The second-order valence-electron chi connectivity index (χ2n) is 4.61. The maximum absolute atomic E-state index is 11.6. The zero-order valence-corrected chi connectivity index (χ0v) is 14.2.